The molecule has 1 fully saturated rings. The van der Waals surface area contributed by atoms with E-state index < -0.39 is 0 Å². The van der Waals surface area contributed by atoms with E-state index in [1.807, 2.05) is 0 Å². The molecule has 0 bridgehead atoms. The first-order valence-corrected chi connectivity index (χ1v) is 7.29. The number of hydrogen-bond acceptors (Lipinski definition) is 3. The van der Waals surface area contributed by atoms with Gasteiger partial charge in [0.05, 0.1) is 13.2 Å². The number of nitrogens with zero attached hydrogens (tertiary/aromatic N) is 1. The van der Waals surface area contributed by atoms with Crippen molar-refractivity contribution in [3.63, 3.8) is 0 Å². The van der Waals surface area contributed by atoms with Crippen LogP contribution in [0, 0.1) is 0 Å². The Labute approximate surface area is 116 Å². The lowest BCUT2D eigenvalue weighted by Gasteiger charge is -2.29. The molecule has 3 nitrogen and oxygen atoms in total. The van der Waals surface area contributed by atoms with Gasteiger partial charge in [0, 0.05) is 19.6 Å². The second kappa shape index (κ2) is 6.92. The molecule has 0 saturated carbocycles. The molecule has 1 saturated heterocycles. The second-order valence-corrected chi connectivity index (χ2v) is 5.32. The lowest BCUT2D eigenvalue weighted by atomic mass is 10.0. The van der Waals surface area contributed by atoms with Crippen molar-refractivity contribution in [2.75, 3.05) is 26.7 Å². The summed E-state index contributed by atoms with van der Waals surface area (Å²) in [4.78, 5) is 2.45. The first-order chi connectivity index (χ1) is 9.22. The fourth-order valence-corrected chi connectivity index (χ4v) is 2.69. The zero-order valence-electron chi connectivity index (χ0n) is 12.1. The summed E-state index contributed by atoms with van der Waals surface area (Å²) in [5.74, 6) is 0.993. The van der Waals surface area contributed by atoms with Crippen LogP contribution in [0.1, 0.15) is 30.9 Å². The number of methoxy groups -OCH3 is 1. The van der Waals surface area contributed by atoms with Crippen molar-refractivity contribution in [2.45, 2.75) is 38.7 Å². The SMILES string of the molecule is CCc1cc(CCN2CCC(O)CC2)ccc1OC. The van der Waals surface area contributed by atoms with Crippen LogP contribution in [0.3, 0.4) is 0 Å². The van der Waals surface area contributed by atoms with Gasteiger partial charge in [-0.3, -0.25) is 0 Å². The van der Waals surface area contributed by atoms with Gasteiger partial charge >= 0.3 is 0 Å². The zero-order valence-corrected chi connectivity index (χ0v) is 12.1. The van der Waals surface area contributed by atoms with E-state index in [9.17, 15) is 5.11 Å². The van der Waals surface area contributed by atoms with Gasteiger partial charge in [-0.15, -0.1) is 0 Å². The highest BCUT2D eigenvalue weighted by Gasteiger charge is 2.16. The van der Waals surface area contributed by atoms with Crippen LogP contribution in [0.5, 0.6) is 5.75 Å². The maximum absolute atomic E-state index is 9.50. The quantitative estimate of drug-likeness (QED) is 0.884. The third-order valence-corrected chi connectivity index (χ3v) is 4.00. The van der Waals surface area contributed by atoms with Gasteiger partial charge in [0.2, 0.25) is 0 Å². The molecule has 19 heavy (non-hydrogen) atoms. The lowest BCUT2D eigenvalue weighted by Crippen LogP contribution is -2.37. The Morgan fingerprint density at radius 1 is 1.32 bits per heavy atom. The number of aliphatic hydroxyl groups excluding tert-OH is 1. The number of aryl methyl sites for hydroxylation is 1. The van der Waals surface area contributed by atoms with Gasteiger partial charge in [-0.25, -0.2) is 0 Å². The minimum Gasteiger partial charge on any atom is -0.496 e. The molecule has 0 amide bonds. The van der Waals surface area contributed by atoms with E-state index in [0.717, 1.165) is 51.1 Å². The Morgan fingerprint density at radius 2 is 2.05 bits per heavy atom. The molecule has 3 heteroatoms. The molecule has 2 rings (SSSR count). The van der Waals surface area contributed by atoms with Gasteiger partial charge in [0.1, 0.15) is 5.75 Å². The fourth-order valence-electron chi connectivity index (χ4n) is 2.69. The molecule has 1 aliphatic rings. The van der Waals surface area contributed by atoms with Gasteiger partial charge in [0.15, 0.2) is 0 Å². The molecule has 0 spiro atoms. The molecule has 1 aromatic carbocycles. The van der Waals surface area contributed by atoms with Crippen molar-refractivity contribution >= 4 is 0 Å². The number of likely N-dealkylation sites (tertiary alicyclic amines) is 1. The van der Waals surface area contributed by atoms with Crippen LogP contribution in [-0.2, 0) is 12.8 Å². The van der Waals surface area contributed by atoms with Crippen molar-refractivity contribution in [1.29, 1.82) is 0 Å². The molecule has 1 aromatic rings. The second-order valence-electron chi connectivity index (χ2n) is 5.32. The van der Waals surface area contributed by atoms with Crippen molar-refractivity contribution in [1.82, 2.24) is 4.90 Å². The van der Waals surface area contributed by atoms with E-state index in [1.165, 1.54) is 11.1 Å². The van der Waals surface area contributed by atoms with Crippen molar-refractivity contribution < 1.29 is 9.84 Å². The van der Waals surface area contributed by atoms with Gasteiger partial charge in [-0.2, -0.15) is 0 Å². The van der Waals surface area contributed by atoms with E-state index in [0.29, 0.717) is 0 Å². The van der Waals surface area contributed by atoms with Gasteiger partial charge in [-0.05, 0) is 42.9 Å². The first kappa shape index (κ1) is 14.4. The van der Waals surface area contributed by atoms with E-state index in [-0.39, 0.29) is 6.10 Å². The smallest absolute Gasteiger partial charge is 0.122 e. The standard InChI is InChI=1S/C16H25NO2/c1-3-14-12-13(4-5-16(14)19-2)6-9-17-10-7-15(18)8-11-17/h4-5,12,15,18H,3,6-11H2,1-2H3. The van der Waals surface area contributed by atoms with Crippen LogP contribution in [0.15, 0.2) is 18.2 Å². The molecule has 0 atom stereocenters. The number of piperidine rings is 1. The third-order valence-electron chi connectivity index (χ3n) is 4.00. The topological polar surface area (TPSA) is 32.7 Å². The number of benzene rings is 1. The maximum Gasteiger partial charge on any atom is 0.122 e. The molecule has 1 aliphatic heterocycles. The predicted octanol–water partition coefficient (Wildman–Crippen LogP) is 2.26. The van der Waals surface area contributed by atoms with Crippen LogP contribution in [0.2, 0.25) is 0 Å². The number of aliphatic hydroxyl groups is 1. The molecule has 106 valence electrons. The highest BCUT2D eigenvalue weighted by Crippen LogP contribution is 2.21. The fraction of sp³-hybridized carbons (Fsp3) is 0.625. The number of ether oxygens (including phenoxy) is 1. The monoisotopic (exact) mass is 263 g/mol. The zero-order chi connectivity index (χ0) is 13.7. The van der Waals surface area contributed by atoms with Crippen LogP contribution in [0.4, 0.5) is 0 Å². The Morgan fingerprint density at radius 3 is 2.68 bits per heavy atom. The summed E-state index contributed by atoms with van der Waals surface area (Å²) >= 11 is 0. The van der Waals surface area contributed by atoms with Crippen molar-refractivity contribution in [3.8, 4) is 5.75 Å². The van der Waals surface area contributed by atoms with Gasteiger partial charge in [0.25, 0.3) is 0 Å². The third kappa shape index (κ3) is 3.95. The largest absolute Gasteiger partial charge is 0.496 e. The first-order valence-electron chi connectivity index (χ1n) is 7.29. The normalized spacial score (nSPS) is 17.6. The Hall–Kier alpha value is -1.06. The molecule has 0 aliphatic carbocycles. The minimum absolute atomic E-state index is 0.0797. The van der Waals surface area contributed by atoms with E-state index in [4.69, 9.17) is 4.74 Å². The van der Waals surface area contributed by atoms with Crippen molar-refractivity contribution in [3.05, 3.63) is 29.3 Å². The minimum atomic E-state index is -0.0797. The molecule has 0 radical (unpaired) electrons. The summed E-state index contributed by atoms with van der Waals surface area (Å²) in [5.41, 5.74) is 2.66. The highest BCUT2D eigenvalue weighted by atomic mass is 16.5. The molecule has 0 unspecified atom stereocenters. The lowest BCUT2D eigenvalue weighted by molar-refractivity contribution is 0.0832. The summed E-state index contributed by atoms with van der Waals surface area (Å²) in [6.07, 6.45) is 3.84. The molecule has 0 aromatic heterocycles. The van der Waals surface area contributed by atoms with Gasteiger partial charge < -0.3 is 14.7 Å². The molecule has 1 heterocycles. The Balaban J connectivity index is 1.89. The number of rotatable bonds is 5. The van der Waals surface area contributed by atoms with Crippen LogP contribution in [-0.4, -0.2) is 42.9 Å². The van der Waals surface area contributed by atoms with E-state index in [2.05, 4.69) is 30.0 Å². The summed E-state index contributed by atoms with van der Waals surface area (Å²) < 4.78 is 5.36. The predicted molar refractivity (Wildman–Crippen MR) is 77.8 cm³/mol. The average molecular weight is 263 g/mol. The van der Waals surface area contributed by atoms with Crippen LogP contribution in [0.25, 0.3) is 0 Å². The maximum atomic E-state index is 9.50. The summed E-state index contributed by atoms with van der Waals surface area (Å²) in [5, 5.41) is 9.50. The Bertz CT molecular complexity index is 398. The van der Waals surface area contributed by atoms with E-state index >= 15 is 0 Å². The van der Waals surface area contributed by atoms with E-state index in [1.54, 1.807) is 7.11 Å². The van der Waals surface area contributed by atoms with Crippen LogP contribution < -0.4 is 4.74 Å². The van der Waals surface area contributed by atoms with Crippen LogP contribution >= 0.6 is 0 Å². The molecule has 1 N–H and O–H groups in total. The summed E-state index contributed by atoms with van der Waals surface area (Å²) in [6.45, 7) is 5.30. The van der Waals surface area contributed by atoms with Gasteiger partial charge in [-0.1, -0.05) is 19.1 Å². The number of hydrogen-bond donors (Lipinski definition) is 1. The highest BCUT2D eigenvalue weighted by molar-refractivity contribution is 5.37. The Kier molecular flexibility index (Phi) is 5.23. The summed E-state index contributed by atoms with van der Waals surface area (Å²) in [7, 11) is 1.73. The van der Waals surface area contributed by atoms with Crippen molar-refractivity contribution in [2.24, 2.45) is 0 Å². The summed E-state index contributed by atoms with van der Waals surface area (Å²) in [6, 6.07) is 6.50. The molecular formula is C16H25NO2. The average Bonchev–Trinajstić information content (AvgIpc) is 2.46. The molecular weight excluding hydrogens is 238 g/mol.